The largest absolute Gasteiger partial charge is 0.507 e. The van der Waals surface area contributed by atoms with Crippen LogP contribution in [0.25, 0.3) is 0 Å². The fourth-order valence-electron chi connectivity index (χ4n) is 3.93. The van der Waals surface area contributed by atoms with Crippen molar-refractivity contribution < 1.29 is 10.2 Å². The van der Waals surface area contributed by atoms with E-state index in [9.17, 15) is 10.2 Å². The van der Waals surface area contributed by atoms with Gasteiger partial charge in [-0.3, -0.25) is 9.98 Å². The van der Waals surface area contributed by atoms with Gasteiger partial charge in [0.05, 0.1) is 12.1 Å². The molecule has 2 aromatic rings. The zero-order valence-corrected chi connectivity index (χ0v) is 16.8. The molecule has 2 N–H and O–H groups in total. The molecule has 0 heterocycles. The molecule has 1 aliphatic carbocycles. The van der Waals surface area contributed by atoms with Crippen molar-refractivity contribution in [3.8, 4) is 11.5 Å². The SMILES string of the molecule is CCC(=N[C@H]1CCCC[C@@H]1N=C(CC)c1ccccc1O)c1ccccc1O. The van der Waals surface area contributed by atoms with Gasteiger partial charge < -0.3 is 10.2 Å². The molecule has 0 spiro atoms. The van der Waals surface area contributed by atoms with Crippen LogP contribution >= 0.6 is 0 Å². The molecule has 0 unspecified atom stereocenters. The van der Waals surface area contributed by atoms with Gasteiger partial charge in [-0.05, 0) is 49.9 Å². The normalized spacial score (nSPS) is 20.9. The molecule has 28 heavy (non-hydrogen) atoms. The Morgan fingerprint density at radius 3 is 1.50 bits per heavy atom. The number of benzene rings is 2. The van der Waals surface area contributed by atoms with E-state index in [1.807, 2.05) is 36.4 Å². The second-order valence-electron chi connectivity index (χ2n) is 7.31. The standard InChI is InChI=1S/C24H30N2O2/c1-3-19(17-11-5-9-15-23(17)27)25-21-13-7-8-14-22(21)26-20(4-2)18-12-6-10-16-24(18)28/h5-6,9-12,15-16,21-22,27-28H,3-4,7-8,13-14H2,1-2H3/t21-,22-/m0/s1. The van der Waals surface area contributed by atoms with Gasteiger partial charge in [-0.15, -0.1) is 0 Å². The summed E-state index contributed by atoms with van der Waals surface area (Å²) in [7, 11) is 0. The van der Waals surface area contributed by atoms with Gasteiger partial charge in [0.2, 0.25) is 0 Å². The maximum atomic E-state index is 10.2. The molecule has 0 aromatic heterocycles. The molecule has 0 saturated heterocycles. The first-order valence-corrected chi connectivity index (χ1v) is 10.3. The lowest BCUT2D eigenvalue weighted by molar-refractivity contribution is 0.387. The van der Waals surface area contributed by atoms with Crippen LogP contribution in [0.1, 0.15) is 63.5 Å². The minimum Gasteiger partial charge on any atom is -0.507 e. The first-order valence-electron chi connectivity index (χ1n) is 10.3. The number of phenolic OH excluding ortho intramolecular Hbond substituents is 2. The number of hydrogen-bond donors (Lipinski definition) is 2. The Morgan fingerprint density at radius 2 is 1.14 bits per heavy atom. The summed E-state index contributed by atoms with van der Waals surface area (Å²) in [6, 6.07) is 15.0. The summed E-state index contributed by atoms with van der Waals surface area (Å²) in [5, 5.41) is 20.5. The molecule has 1 aliphatic rings. The number of rotatable bonds is 6. The third-order valence-corrected chi connectivity index (χ3v) is 5.44. The predicted octanol–water partition coefficient (Wildman–Crippen LogP) is 5.51. The second kappa shape index (κ2) is 9.54. The van der Waals surface area contributed by atoms with Gasteiger partial charge in [0.1, 0.15) is 11.5 Å². The van der Waals surface area contributed by atoms with E-state index in [0.717, 1.165) is 61.1 Å². The van der Waals surface area contributed by atoms with Crippen LogP contribution < -0.4 is 0 Å². The minimum absolute atomic E-state index is 0.107. The van der Waals surface area contributed by atoms with Gasteiger partial charge in [-0.1, -0.05) is 51.0 Å². The second-order valence-corrected chi connectivity index (χ2v) is 7.31. The van der Waals surface area contributed by atoms with E-state index in [0.29, 0.717) is 0 Å². The molecular formula is C24H30N2O2. The summed E-state index contributed by atoms with van der Waals surface area (Å²) >= 11 is 0. The van der Waals surface area contributed by atoms with Crippen molar-refractivity contribution >= 4 is 11.4 Å². The lowest BCUT2D eigenvalue weighted by Gasteiger charge is -2.28. The molecule has 1 fully saturated rings. The van der Waals surface area contributed by atoms with Gasteiger partial charge >= 0.3 is 0 Å². The molecule has 0 aliphatic heterocycles. The third kappa shape index (κ3) is 4.61. The first kappa shape index (κ1) is 20.1. The molecular weight excluding hydrogens is 348 g/mol. The number of aromatic hydroxyl groups is 2. The zero-order valence-electron chi connectivity index (χ0n) is 16.8. The molecule has 1 saturated carbocycles. The molecule has 3 rings (SSSR count). The van der Waals surface area contributed by atoms with E-state index in [1.165, 1.54) is 0 Å². The maximum Gasteiger partial charge on any atom is 0.124 e. The van der Waals surface area contributed by atoms with E-state index < -0.39 is 0 Å². The number of phenols is 2. The lowest BCUT2D eigenvalue weighted by atomic mass is 9.90. The van der Waals surface area contributed by atoms with Crippen LogP contribution in [0.15, 0.2) is 58.5 Å². The average Bonchev–Trinajstić information content (AvgIpc) is 2.72. The highest BCUT2D eigenvalue weighted by Crippen LogP contribution is 2.28. The monoisotopic (exact) mass is 378 g/mol. The Kier molecular flexibility index (Phi) is 6.85. The maximum absolute atomic E-state index is 10.2. The Morgan fingerprint density at radius 1 is 0.750 bits per heavy atom. The number of para-hydroxylation sites is 2. The van der Waals surface area contributed by atoms with Crippen LogP contribution in [0.3, 0.4) is 0 Å². The summed E-state index contributed by atoms with van der Waals surface area (Å²) in [6.07, 6.45) is 5.84. The van der Waals surface area contributed by atoms with Crippen molar-refractivity contribution in [3.63, 3.8) is 0 Å². The van der Waals surface area contributed by atoms with Crippen LogP contribution in [-0.2, 0) is 0 Å². The number of aliphatic imine (C=N–C) groups is 2. The number of hydrogen-bond acceptors (Lipinski definition) is 4. The quantitative estimate of drug-likeness (QED) is 0.651. The summed E-state index contributed by atoms with van der Waals surface area (Å²) in [4.78, 5) is 10.1. The van der Waals surface area contributed by atoms with Gasteiger partial charge in [0.25, 0.3) is 0 Å². The molecule has 0 radical (unpaired) electrons. The highest BCUT2D eigenvalue weighted by atomic mass is 16.3. The van der Waals surface area contributed by atoms with E-state index in [-0.39, 0.29) is 23.6 Å². The van der Waals surface area contributed by atoms with Crippen molar-refractivity contribution in [2.45, 2.75) is 64.5 Å². The van der Waals surface area contributed by atoms with Crippen molar-refractivity contribution in [2.24, 2.45) is 9.98 Å². The summed E-state index contributed by atoms with van der Waals surface area (Å²) in [5.74, 6) is 0.560. The summed E-state index contributed by atoms with van der Waals surface area (Å²) in [5.41, 5.74) is 3.50. The van der Waals surface area contributed by atoms with Gasteiger partial charge in [0, 0.05) is 22.6 Å². The smallest absolute Gasteiger partial charge is 0.124 e. The van der Waals surface area contributed by atoms with Crippen LogP contribution in [0.2, 0.25) is 0 Å². The van der Waals surface area contributed by atoms with E-state index in [1.54, 1.807) is 12.1 Å². The van der Waals surface area contributed by atoms with Crippen molar-refractivity contribution in [3.05, 3.63) is 59.7 Å². The van der Waals surface area contributed by atoms with Gasteiger partial charge in [-0.2, -0.15) is 0 Å². The lowest BCUT2D eigenvalue weighted by Crippen LogP contribution is -2.29. The zero-order chi connectivity index (χ0) is 19.9. The van der Waals surface area contributed by atoms with Gasteiger partial charge in [-0.25, -0.2) is 0 Å². The highest BCUT2D eigenvalue weighted by Gasteiger charge is 2.26. The van der Waals surface area contributed by atoms with E-state index in [2.05, 4.69) is 13.8 Å². The fourth-order valence-corrected chi connectivity index (χ4v) is 3.93. The fraction of sp³-hybridized carbons (Fsp3) is 0.417. The van der Waals surface area contributed by atoms with E-state index in [4.69, 9.17) is 9.98 Å². The van der Waals surface area contributed by atoms with Crippen LogP contribution in [0.4, 0.5) is 0 Å². The van der Waals surface area contributed by atoms with E-state index >= 15 is 0 Å². The molecule has 0 bridgehead atoms. The van der Waals surface area contributed by atoms with Crippen molar-refractivity contribution in [1.29, 1.82) is 0 Å². The van der Waals surface area contributed by atoms with Crippen molar-refractivity contribution in [2.75, 3.05) is 0 Å². The number of nitrogens with zero attached hydrogens (tertiary/aromatic N) is 2. The predicted molar refractivity (Wildman–Crippen MR) is 116 cm³/mol. The Bertz CT molecular complexity index is 786. The molecule has 2 aromatic carbocycles. The summed E-state index contributed by atoms with van der Waals surface area (Å²) < 4.78 is 0. The molecule has 4 nitrogen and oxygen atoms in total. The van der Waals surface area contributed by atoms with Gasteiger partial charge in [0.15, 0.2) is 0 Å². The Balaban J connectivity index is 1.93. The van der Waals surface area contributed by atoms with Crippen LogP contribution in [0.5, 0.6) is 11.5 Å². The minimum atomic E-state index is 0.107. The average molecular weight is 379 g/mol. The molecule has 148 valence electrons. The molecule has 0 amide bonds. The summed E-state index contributed by atoms with van der Waals surface area (Å²) in [6.45, 7) is 4.15. The molecule has 2 atom stereocenters. The Hall–Kier alpha value is -2.62. The van der Waals surface area contributed by atoms with Crippen molar-refractivity contribution in [1.82, 2.24) is 0 Å². The molecule has 4 heteroatoms. The highest BCUT2D eigenvalue weighted by molar-refractivity contribution is 6.03. The third-order valence-electron chi connectivity index (χ3n) is 5.44. The first-order chi connectivity index (χ1) is 13.6. The van der Waals surface area contributed by atoms with Crippen LogP contribution in [-0.4, -0.2) is 33.7 Å². The Labute approximate surface area is 167 Å². The van der Waals surface area contributed by atoms with Crippen LogP contribution in [0, 0.1) is 0 Å². The topological polar surface area (TPSA) is 65.2 Å².